The number of nitrogens with one attached hydrogen (secondary N) is 2. The van der Waals surface area contributed by atoms with E-state index in [1.165, 1.54) is 7.11 Å². The number of carbonyl (C=O) groups excluding carboxylic acids is 1. The molecule has 3 aromatic rings. The molecule has 0 radical (unpaired) electrons. The van der Waals surface area contributed by atoms with Crippen molar-refractivity contribution in [3.05, 3.63) is 78.4 Å². The van der Waals surface area contributed by atoms with Crippen LogP contribution in [0.4, 0.5) is 17.1 Å². The van der Waals surface area contributed by atoms with Crippen molar-refractivity contribution in [1.29, 1.82) is 0 Å². The van der Waals surface area contributed by atoms with Gasteiger partial charge in [-0.2, -0.15) is 0 Å². The zero-order valence-electron chi connectivity index (χ0n) is 14.7. The Morgan fingerprint density at radius 1 is 0.731 bits per heavy atom. The van der Waals surface area contributed by atoms with Crippen molar-refractivity contribution in [2.75, 3.05) is 24.9 Å². The minimum absolute atomic E-state index is 0.220. The highest BCUT2D eigenvalue weighted by Crippen LogP contribution is 2.28. The summed E-state index contributed by atoms with van der Waals surface area (Å²) in [4.78, 5) is 12.5. The summed E-state index contributed by atoms with van der Waals surface area (Å²) in [7, 11) is 3.10. The van der Waals surface area contributed by atoms with Crippen LogP contribution in [0.15, 0.2) is 72.8 Å². The number of carbonyl (C=O) groups is 1. The van der Waals surface area contributed by atoms with E-state index in [9.17, 15) is 4.79 Å². The maximum atomic E-state index is 12.5. The lowest BCUT2D eigenvalue weighted by atomic mass is 10.1. The third-order valence-corrected chi connectivity index (χ3v) is 3.83. The van der Waals surface area contributed by atoms with E-state index in [0.717, 1.165) is 11.4 Å². The molecule has 0 heterocycles. The lowest BCUT2D eigenvalue weighted by Gasteiger charge is -2.11. The first-order valence-electron chi connectivity index (χ1n) is 8.15. The van der Waals surface area contributed by atoms with Gasteiger partial charge < -0.3 is 20.1 Å². The Bertz CT molecular complexity index is 895. The zero-order chi connectivity index (χ0) is 18.4. The predicted octanol–water partition coefficient (Wildman–Crippen LogP) is 4.70. The first-order chi connectivity index (χ1) is 12.7. The zero-order valence-corrected chi connectivity index (χ0v) is 14.7. The number of benzene rings is 3. The average Bonchev–Trinajstić information content (AvgIpc) is 2.68. The maximum Gasteiger partial charge on any atom is 0.255 e. The van der Waals surface area contributed by atoms with E-state index in [0.29, 0.717) is 22.7 Å². The molecule has 0 unspecified atom stereocenters. The van der Waals surface area contributed by atoms with Crippen LogP contribution in [0.25, 0.3) is 0 Å². The number of ether oxygens (including phenoxy) is 2. The van der Waals surface area contributed by atoms with Crippen molar-refractivity contribution in [2.24, 2.45) is 0 Å². The number of rotatable bonds is 6. The maximum absolute atomic E-state index is 12.5. The molecule has 0 aliphatic rings. The van der Waals surface area contributed by atoms with Gasteiger partial charge in [0, 0.05) is 22.6 Å². The van der Waals surface area contributed by atoms with Crippen molar-refractivity contribution in [1.82, 2.24) is 0 Å². The van der Waals surface area contributed by atoms with Gasteiger partial charge in [-0.05, 0) is 48.5 Å². The Kier molecular flexibility index (Phi) is 5.39. The molecule has 2 N–H and O–H groups in total. The molecule has 5 nitrogen and oxygen atoms in total. The molecule has 0 aliphatic carbocycles. The van der Waals surface area contributed by atoms with Crippen LogP contribution < -0.4 is 20.1 Å². The van der Waals surface area contributed by atoms with Crippen LogP contribution in [-0.2, 0) is 0 Å². The smallest absolute Gasteiger partial charge is 0.255 e. The fourth-order valence-corrected chi connectivity index (χ4v) is 2.54. The van der Waals surface area contributed by atoms with Crippen molar-refractivity contribution in [3.63, 3.8) is 0 Å². The number of anilines is 3. The molecule has 1 amide bonds. The summed E-state index contributed by atoms with van der Waals surface area (Å²) in [5.74, 6) is 0.876. The lowest BCUT2D eigenvalue weighted by molar-refractivity contribution is 0.102. The molecule has 5 heteroatoms. The van der Waals surface area contributed by atoms with Crippen LogP contribution in [0, 0.1) is 0 Å². The normalized spacial score (nSPS) is 10.1. The Labute approximate surface area is 152 Å². The SMILES string of the molecule is COc1ccc(C(=O)Nc2cccc(Nc3ccccc3)c2)cc1OC. The lowest BCUT2D eigenvalue weighted by Crippen LogP contribution is -2.12. The second kappa shape index (κ2) is 8.07. The molecule has 0 saturated heterocycles. The van der Waals surface area contributed by atoms with Gasteiger partial charge in [-0.3, -0.25) is 4.79 Å². The van der Waals surface area contributed by atoms with Gasteiger partial charge in [-0.15, -0.1) is 0 Å². The minimum atomic E-state index is -0.220. The van der Waals surface area contributed by atoms with Crippen LogP contribution in [-0.4, -0.2) is 20.1 Å². The molecule has 0 aliphatic heterocycles. The highest BCUT2D eigenvalue weighted by atomic mass is 16.5. The quantitative estimate of drug-likeness (QED) is 0.678. The summed E-state index contributed by atoms with van der Waals surface area (Å²) in [6.07, 6.45) is 0. The van der Waals surface area contributed by atoms with Gasteiger partial charge >= 0.3 is 0 Å². The number of hydrogen-bond donors (Lipinski definition) is 2. The largest absolute Gasteiger partial charge is 0.493 e. The molecule has 0 aromatic heterocycles. The molecule has 3 rings (SSSR count). The van der Waals surface area contributed by atoms with Crippen molar-refractivity contribution in [3.8, 4) is 11.5 Å². The summed E-state index contributed by atoms with van der Waals surface area (Å²) in [6, 6.07) is 22.5. The fraction of sp³-hybridized carbons (Fsp3) is 0.0952. The number of methoxy groups -OCH3 is 2. The molecule has 0 atom stereocenters. The van der Waals surface area contributed by atoms with E-state index in [1.54, 1.807) is 25.3 Å². The topological polar surface area (TPSA) is 59.6 Å². The number of amides is 1. The highest BCUT2D eigenvalue weighted by Gasteiger charge is 2.11. The monoisotopic (exact) mass is 348 g/mol. The Hall–Kier alpha value is -3.47. The van der Waals surface area contributed by atoms with Crippen LogP contribution >= 0.6 is 0 Å². The molecule has 132 valence electrons. The molecular formula is C21H20N2O3. The van der Waals surface area contributed by atoms with Crippen LogP contribution in [0.3, 0.4) is 0 Å². The van der Waals surface area contributed by atoms with Gasteiger partial charge in [0.25, 0.3) is 5.91 Å². The van der Waals surface area contributed by atoms with E-state index in [4.69, 9.17) is 9.47 Å². The van der Waals surface area contributed by atoms with E-state index in [1.807, 2.05) is 54.6 Å². The molecule has 0 saturated carbocycles. The second-order valence-corrected chi connectivity index (χ2v) is 5.60. The Balaban J connectivity index is 1.74. The van der Waals surface area contributed by atoms with E-state index in [-0.39, 0.29) is 5.91 Å². The third-order valence-electron chi connectivity index (χ3n) is 3.83. The van der Waals surface area contributed by atoms with Gasteiger partial charge in [-0.1, -0.05) is 24.3 Å². The number of para-hydroxylation sites is 1. The van der Waals surface area contributed by atoms with Crippen LogP contribution in [0.5, 0.6) is 11.5 Å². The summed E-state index contributed by atoms with van der Waals surface area (Å²) >= 11 is 0. The summed E-state index contributed by atoms with van der Waals surface area (Å²) in [6.45, 7) is 0. The fourth-order valence-electron chi connectivity index (χ4n) is 2.54. The molecule has 0 spiro atoms. The standard InChI is InChI=1S/C21H20N2O3/c1-25-19-12-11-15(13-20(19)26-2)21(24)23-18-10-6-9-17(14-18)22-16-7-4-3-5-8-16/h3-14,22H,1-2H3,(H,23,24). The van der Waals surface area contributed by atoms with Crippen molar-refractivity contribution >= 4 is 23.0 Å². The Morgan fingerprint density at radius 3 is 2.15 bits per heavy atom. The average molecular weight is 348 g/mol. The number of hydrogen-bond acceptors (Lipinski definition) is 4. The summed E-state index contributed by atoms with van der Waals surface area (Å²) in [5, 5.41) is 6.20. The van der Waals surface area contributed by atoms with Gasteiger partial charge in [0.15, 0.2) is 11.5 Å². The first-order valence-corrected chi connectivity index (χ1v) is 8.15. The predicted molar refractivity (Wildman–Crippen MR) is 104 cm³/mol. The van der Waals surface area contributed by atoms with E-state index in [2.05, 4.69) is 10.6 Å². The van der Waals surface area contributed by atoms with Gasteiger partial charge in [0.05, 0.1) is 14.2 Å². The minimum Gasteiger partial charge on any atom is -0.493 e. The summed E-state index contributed by atoms with van der Waals surface area (Å²) < 4.78 is 10.4. The molecule has 0 fully saturated rings. The first kappa shape index (κ1) is 17.4. The van der Waals surface area contributed by atoms with Gasteiger partial charge in [0.1, 0.15) is 0 Å². The van der Waals surface area contributed by atoms with E-state index >= 15 is 0 Å². The Morgan fingerprint density at radius 2 is 1.42 bits per heavy atom. The second-order valence-electron chi connectivity index (χ2n) is 5.60. The highest BCUT2D eigenvalue weighted by molar-refractivity contribution is 6.04. The molecule has 0 bridgehead atoms. The third kappa shape index (κ3) is 4.13. The molecular weight excluding hydrogens is 328 g/mol. The van der Waals surface area contributed by atoms with E-state index < -0.39 is 0 Å². The molecule has 3 aromatic carbocycles. The van der Waals surface area contributed by atoms with Crippen LogP contribution in [0.2, 0.25) is 0 Å². The van der Waals surface area contributed by atoms with Gasteiger partial charge in [0.2, 0.25) is 0 Å². The summed E-state index contributed by atoms with van der Waals surface area (Å²) in [5.41, 5.74) is 3.06. The van der Waals surface area contributed by atoms with Gasteiger partial charge in [-0.25, -0.2) is 0 Å². The molecule has 26 heavy (non-hydrogen) atoms. The van der Waals surface area contributed by atoms with Crippen molar-refractivity contribution < 1.29 is 14.3 Å². The van der Waals surface area contributed by atoms with Crippen molar-refractivity contribution in [2.45, 2.75) is 0 Å². The van der Waals surface area contributed by atoms with Crippen LogP contribution in [0.1, 0.15) is 10.4 Å².